The molecule has 1 aliphatic heterocycles. The van der Waals surface area contributed by atoms with E-state index in [1.54, 1.807) is 0 Å². The third kappa shape index (κ3) is 5.04. The topological polar surface area (TPSA) is 63.5 Å². The minimum Gasteiger partial charge on any atom is -0.381 e. The third-order valence-electron chi connectivity index (χ3n) is 3.75. The van der Waals surface area contributed by atoms with Crippen LogP contribution in [-0.2, 0) is 11.3 Å². The number of aryl methyl sites for hydroxylation is 3. The van der Waals surface area contributed by atoms with Crippen molar-refractivity contribution in [3.8, 4) is 0 Å². The van der Waals surface area contributed by atoms with E-state index in [2.05, 4.69) is 38.4 Å². The van der Waals surface area contributed by atoms with Gasteiger partial charge in [0.1, 0.15) is 0 Å². The van der Waals surface area contributed by atoms with Crippen LogP contribution < -0.4 is 10.6 Å². The summed E-state index contributed by atoms with van der Waals surface area (Å²) in [6.45, 7) is 8.62. The average molecular weight is 293 g/mol. The average Bonchev–Trinajstić information content (AvgIpc) is 3.08. The first kappa shape index (κ1) is 15.8. The predicted octanol–water partition coefficient (Wildman–Crippen LogP) is 1.09. The van der Waals surface area contributed by atoms with Crippen molar-refractivity contribution in [2.24, 2.45) is 10.9 Å². The zero-order valence-corrected chi connectivity index (χ0v) is 13.4. The summed E-state index contributed by atoms with van der Waals surface area (Å²) in [5, 5.41) is 11.2. The van der Waals surface area contributed by atoms with E-state index >= 15 is 0 Å². The van der Waals surface area contributed by atoms with E-state index in [9.17, 15) is 0 Å². The Kier molecular flexibility index (Phi) is 6.04. The van der Waals surface area contributed by atoms with E-state index in [0.29, 0.717) is 5.92 Å². The van der Waals surface area contributed by atoms with Gasteiger partial charge in [-0.15, -0.1) is 0 Å². The molecule has 0 aliphatic carbocycles. The molecule has 1 fully saturated rings. The van der Waals surface area contributed by atoms with Gasteiger partial charge in [-0.1, -0.05) is 0 Å². The van der Waals surface area contributed by atoms with Crippen LogP contribution in [-0.4, -0.2) is 49.1 Å². The first-order chi connectivity index (χ1) is 10.2. The highest BCUT2D eigenvalue weighted by Gasteiger charge is 2.15. The Morgan fingerprint density at radius 1 is 1.48 bits per heavy atom. The van der Waals surface area contributed by atoms with Crippen LogP contribution in [0.2, 0.25) is 0 Å². The molecule has 1 aromatic rings. The molecule has 1 aromatic heterocycles. The van der Waals surface area contributed by atoms with E-state index in [-0.39, 0.29) is 0 Å². The van der Waals surface area contributed by atoms with E-state index in [1.165, 1.54) is 5.69 Å². The first-order valence-corrected chi connectivity index (χ1v) is 7.72. The smallest absolute Gasteiger partial charge is 0.190 e. The Balaban J connectivity index is 1.63. The number of ether oxygens (including phenoxy) is 1. The molecule has 1 saturated heterocycles. The maximum atomic E-state index is 5.37. The molecular weight excluding hydrogens is 266 g/mol. The quantitative estimate of drug-likeness (QED) is 0.468. The largest absolute Gasteiger partial charge is 0.381 e. The Hall–Kier alpha value is -1.56. The Labute approximate surface area is 127 Å². The molecule has 0 spiro atoms. The molecule has 2 rings (SSSR count). The Morgan fingerprint density at radius 2 is 2.33 bits per heavy atom. The summed E-state index contributed by atoms with van der Waals surface area (Å²) in [4.78, 5) is 4.25. The fraction of sp³-hybridized carbons (Fsp3) is 0.733. The zero-order valence-electron chi connectivity index (χ0n) is 13.4. The van der Waals surface area contributed by atoms with Crippen molar-refractivity contribution >= 4 is 5.96 Å². The number of hydrogen-bond donors (Lipinski definition) is 2. The summed E-state index contributed by atoms with van der Waals surface area (Å²) < 4.78 is 7.43. The van der Waals surface area contributed by atoms with Gasteiger partial charge in [0.2, 0.25) is 0 Å². The van der Waals surface area contributed by atoms with Crippen LogP contribution in [0, 0.1) is 19.8 Å². The normalized spacial score (nSPS) is 19.0. The van der Waals surface area contributed by atoms with Gasteiger partial charge in [-0.2, -0.15) is 5.10 Å². The van der Waals surface area contributed by atoms with Crippen molar-refractivity contribution in [1.82, 2.24) is 20.4 Å². The van der Waals surface area contributed by atoms with Crippen LogP contribution >= 0.6 is 0 Å². The van der Waals surface area contributed by atoms with E-state index in [0.717, 1.165) is 57.3 Å². The molecular formula is C15H27N5O. The molecule has 21 heavy (non-hydrogen) atoms. The predicted molar refractivity (Wildman–Crippen MR) is 84.6 cm³/mol. The van der Waals surface area contributed by atoms with Crippen LogP contribution in [0.3, 0.4) is 0 Å². The van der Waals surface area contributed by atoms with Crippen molar-refractivity contribution in [3.05, 3.63) is 17.5 Å². The number of nitrogens with one attached hydrogen (secondary N) is 2. The number of aliphatic imine (C=N–C) groups is 1. The summed E-state index contributed by atoms with van der Waals surface area (Å²) in [6, 6.07) is 2.11. The lowest BCUT2D eigenvalue weighted by Gasteiger charge is -2.14. The molecule has 0 bridgehead atoms. The molecule has 118 valence electrons. The van der Waals surface area contributed by atoms with Crippen molar-refractivity contribution in [1.29, 1.82) is 0 Å². The lowest BCUT2D eigenvalue weighted by Crippen LogP contribution is -2.40. The Bertz CT molecular complexity index is 463. The monoisotopic (exact) mass is 293 g/mol. The summed E-state index contributed by atoms with van der Waals surface area (Å²) >= 11 is 0. The summed E-state index contributed by atoms with van der Waals surface area (Å²) in [5.74, 6) is 1.48. The maximum Gasteiger partial charge on any atom is 0.190 e. The van der Waals surface area contributed by atoms with Crippen LogP contribution in [0.4, 0.5) is 0 Å². The Morgan fingerprint density at radius 3 is 2.95 bits per heavy atom. The number of guanidine groups is 1. The molecule has 6 nitrogen and oxygen atoms in total. The van der Waals surface area contributed by atoms with Crippen molar-refractivity contribution in [2.75, 3.05) is 33.4 Å². The molecule has 2 heterocycles. The third-order valence-corrected chi connectivity index (χ3v) is 3.75. The van der Waals surface area contributed by atoms with Gasteiger partial charge in [0.25, 0.3) is 0 Å². The lowest BCUT2D eigenvalue weighted by molar-refractivity contribution is 0.186. The number of nitrogens with zero attached hydrogens (tertiary/aromatic N) is 3. The molecule has 0 aromatic carbocycles. The lowest BCUT2D eigenvalue weighted by atomic mass is 10.1. The van der Waals surface area contributed by atoms with Gasteiger partial charge in [0.15, 0.2) is 5.96 Å². The van der Waals surface area contributed by atoms with Gasteiger partial charge in [0.05, 0.1) is 12.3 Å². The minimum absolute atomic E-state index is 0.609. The van der Waals surface area contributed by atoms with Gasteiger partial charge < -0.3 is 15.4 Å². The fourth-order valence-electron chi connectivity index (χ4n) is 2.54. The van der Waals surface area contributed by atoms with Gasteiger partial charge in [-0.05, 0) is 32.8 Å². The molecule has 1 unspecified atom stereocenters. The van der Waals surface area contributed by atoms with Crippen LogP contribution in [0.1, 0.15) is 24.2 Å². The van der Waals surface area contributed by atoms with E-state index in [4.69, 9.17) is 4.74 Å². The zero-order chi connectivity index (χ0) is 15.1. The first-order valence-electron chi connectivity index (χ1n) is 7.72. The van der Waals surface area contributed by atoms with Crippen molar-refractivity contribution in [2.45, 2.75) is 33.2 Å². The van der Waals surface area contributed by atoms with Crippen LogP contribution in [0.5, 0.6) is 0 Å². The summed E-state index contributed by atoms with van der Waals surface area (Å²) in [7, 11) is 1.81. The number of hydrogen-bond acceptors (Lipinski definition) is 3. The molecule has 0 amide bonds. The second-order valence-electron chi connectivity index (χ2n) is 5.61. The van der Waals surface area contributed by atoms with Crippen LogP contribution in [0.25, 0.3) is 0 Å². The van der Waals surface area contributed by atoms with Gasteiger partial charge in [0, 0.05) is 44.9 Å². The molecule has 2 N–H and O–H groups in total. The van der Waals surface area contributed by atoms with Gasteiger partial charge in [-0.25, -0.2) is 0 Å². The second-order valence-corrected chi connectivity index (χ2v) is 5.61. The SMILES string of the molecule is CN=C(NCCCn1nc(C)cc1C)NCC1CCOC1. The molecule has 0 saturated carbocycles. The molecule has 6 heteroatoms. The number of aromatic nitrogens is 2. The van der Waals surface area contributed by atoms with E-state index in [1.807, 2.05) is 14.0 Å². The highest BCUT2D eigenvalue weighted by molar-refractivity contribution is 5.79. The molecule has 0 radical (unpaired) electrons. The highest BCUT2D eigenvalue weighted by atomic mass is 16.5. The highest BCUT2D eigenvalue weighted by Crippen LogP contribution is 2.10. The fourth-order valence-corrected chi connectivity index (χ4v) is 2.54. The maximum absolute atomic E-state index is 5.37. The van der Waals surface area contributed by atoms with Gasteiger partial charge in [-0.3, -0.25) is 9.67 Å². The standard InChI is InChI=1S/C15H27N5O/c1-12-9-13(2)20(19-12)7-4-6-17-15(16-3)18-10-14-5-8-21-11-14/h9,14H,4-8,10-11H2,1-3H3,(H2,16,17,18). The van der Waals surface area contributed by atoms with Gasteiger partial charge >= 0.3 is 0 Å². The summed E-state index contributed by atoms with van der Waals surface area (Å²) in [6.07, 6.45) is 2.16. The number of rotatable bonds is 6. The molecule has 1 atom stereocenters. The van der Waals surface area contributed by atoms with Crippen LogP contribution in [0.15, 0.2) is 11.1 Å². The minimum atomic E-state index is 0.609. The molecule has 1 aliphatic rings. The second kappa shape index (κ2) is 8.02. The summed E-state index contributed by atoms with van der Waals surface area (Å²) in [5.41, 5.74) is 2.30. The van der Waals surface area contributed by atoms with Crippen molar-refractivity contribution in [3.63, 3.8) is 0 Å². The van der Waals surface area contributed by atoms with Crippen molar-refractivity contribution < 1.29 is 4.74 Å². The van der Waals surface area contributed by atoms with E-state index < -0.39 is 0 Å².